The standard InChI is InChI=1S/C15H19ClF2N6O/c1-3-24-9-22-23-13(24)8-21-15(19-2)20-7-10-6-11(16)4-5-12(10)25-14(17)18/h4-6,9,14H,3,7-8H2,1-2H3,(H2,19,20,21). The second-order valence-electron chi connectivity index (χ2n) is 4.94. The van der Waals surface area contributed by atoms with E-state index in [2.05, 4.69) is 30.6 Å². The first-order chi connectivity index (χ1) is 12.0. The van der Waals surface area contributed by atoms with Gasteiger partial charge in [0.15, 0.2) is 11.8 Å². The Hall–Kier alpha value is -2.42. The molecule has 1 aromatic carbocycles. The molecular formula is C15H19ClF2N6O. The van der Waals surface area contributed by atoms with Crippen LogP contribution in [0.3, 0.4) is 0 Å². The molecule has 2 N–H and O–H groups in total. The Morgan fingerprint density at radius 1 is 1.36 bits per heavy atom. The molecule has 1 heterocycles. The summed E-state index contributed by atoms with van der Waals surface area (Å²) >= 11 is 5.93. The number of alkyl halides is 2. The number of nitrogens with zero attached hydrogens (tertiary/aromatic N) is 4. The van der Waals surface area contributed by atoms with E-state index in [1.807, 2.05) is 11.5 Å². The van der Waals surface area contributed by atoms with Gasteiger partial charge in [0.05, 0.1) is 6.54 Å². The second kappa shape index (κ2) is 9.16. The van der Waals surface area contributed by atoms with Gasteiger partial charge in [-0.25, -0.2) is 0 Å². The van der Waals surface area contributed by atoms with Crippen molar-refractivity contribution in [3.05, 3.63) is 40.9 Å². The highest BCUT2D eigenvalue weighted by Gasteiger charge is 2.11. The van der Waals surface area contributed by atoms with Gasteiger partial charge in [-0.3, -0.25) is 4.99 Å². The van der Waals surface area contributed by atoms with Crippen LogP contribution in [-0.4, -0.2) is 34.4 Å². The number of aromatic nitrogens is 3. The van der Waals surface area contributed by atoms with Gasteiger partial charge in [-0.05, 0) is 25.1 Å². The van der Waals surface area contributed by atoms with Crippen molar-refractivity contribution in [3.8, 4) is 5.75 Å². The summed E-state index contributed by atoms with van der Waals surface area (Å²) in [5.41, 5.74) is 0.493. The summed E-state index contributed by atoms with van der Waals surface area (Å²) in [5.74, 6) is 1.30. The maximum Gasteiger partial charge on any atom is 0.387 e. The Bertz CT molecular complexity index is 722. The van der Waals surface area contributed by atoms with E-state index in [4.69, 9.17) is 11.6 Å². The normalized spacial score (nSPS) is 11.7. The van der Waals surface area contributed by atoms with Crippen LogP contribution in [0.15, 0.2) is 29.5 Å². The van der Waals surface area contributed by atoms with E-state index >= 15 is 0 Å². The molecular weight excluding hydrogens is 354 g/mol. The minimum atomic E-state index is -2.90. The highest BCUT2D eigenvalue weighted by molar-refractivity contribution is 6.30. The smallest absolute Gasteiger partial charge is 0.387 e. The predicted molar refractivity (Wildman–Crippen MR) is 90.8 cm³/mol. The first-order valence-electron chi connectivity index (χ1n) is 7.58. The number of hydrogen-bond acceptors (Lipinski definition) is 4. The summed E-state index contributed by atoms with van der Waals surface area (Å²) in [7, 11) is 1.61. The van der Waals surface area contributed by atoms with Gasteiger partial charge < -0.3 is 19.9 Å². The van der Waals surface area contributed by atoms with Crippen molar-refractivity contribution in [1.82, 2.24) is 25.4 Å². The van der Waals surface area contributed by atoms with Gasteiger partial charge in [-0.2, -0.15) is 8.78 Å². The predicted octanol–water partition coefficient (Wildman–Crippen LogP) is 2.42. The molecule has 0 saturated heterocycles. The fraction of sp³-hybridized carbons (Fsp3) is 0.400. The van der Waals surface area contributed by atoms with Crippen LogP contribution < -0.4 is 15.4 Å². The van der Waals surface area contributed by atoms with Crippen LogP contribution in [0.2, 0.25) is 5.02 Å². The van der Waals surface area contributed by atoms with Crippen LogP contribution in [0, 0.1) is 0 Å². The second-order valence-corrected chi connectivity index (χ2v) is 5.38. The molecule has 2 rings (SSSR count). The van der Waals surface area contributed by atoms with Crippen molar-refractivity contribution < 1.29 is 13.5 Å². The zero-order valence-electron chi connectivity index (χ0n) is 13.8. The van der Waals surface area contributed by atoms with Gasteiger partial charge in [0, 0.05) is 30.7 Å². The summed E-state index contributed by atoms with van der Waals surface area (Å²) in [4.78, 5) is 4.09. The Kier molecular flexibility index (Phi) is 6.93. The summed E-state index contributed by atoms with van der Waals surface area (Å²) in [6.45, 7) is 0.473. The van der Waals surface area contributed by atoms with Crippen molar-refractivity contribution in [2.75, 3.05) is 7.05 Å². The van der Waals surface area contributed by atoms with E-state index in [0.717, 1.165) is 12.4 Å². The molecule has 0 fully saturated rings. The molecule has 10 heteroatoms. The van der Waals surface area contributed by atoms with E-state index in [0.29, 0.717) is 23.1 Å². The van der Waals surface area contributed by atoms with Crippen LogP contribution >= 0.6 is 11.6 Å². The Balaban J connectivity index is 1.97. The molecule has 0 bridgehead atoms. The Labute approximate surface area is 149 Å². The van der Waals surface area contributed by atoms with Crippen molar-refractivity contribution in [2.24, 2.45) is 4.99 Å². The van der Waals surface area contributed by atoms with Gasteiger partial charge >= 0.3 is 6.61 Å². The van der Waals surface area contributed by atoms with Crippen molar-refractivity contribution in [2.45, 2.75) is 33.2 Å². The lowest BCUT2D eigenvalue weighted by molar-refractivity contribution is -0.0504. The summed E-state index contributed by atoms with van der Waals surface area (Å²) < 4.78 is 31.4. The Morgan fingerprint density at radius 3 is 2.80 bits per heavy atom. The lowest BCUT2D eigenvalue weighted by Gasteiger charge is -2.15. The number of aliphatic imine (C=N–C) groups is 1. The van der Waals surface area contributed by atoms with Gasteiger partial charge in [-0.15, -0.1) is 10.2 Å². The highest BCUT2D eigenvalue weighted by atomic mass is 35.5. The van der Waals surface area contributed by atoms with Crippen LogP contribution in [0.1, 0.15) is 18.3 Å². The summed E-state index contributed by atoms with van der Waals surface area (Å²) in [6.07, 6.45) is 1.65. The molecule has 0 amide bonds. The van der Waals surface area contributed by atoms with E-state index in [9.17, 15) is 8.78 Å². The molecule has 0 saturated carbocycles. The number of hydrogen-bond donors (Lipinski definition) is 2. The van der Waals surface area contributed by atoms with Crippen molar-refractivity contribution in [1.29, 1.82) is 0 Å². The van der Waals surface area contributed by atoms with Crippen LogP contribution in [-0.2, 0) is 19.6 Å². The number of rotatable bonds is 7. The number of aryl methyl sites for hydroxylation is 1. The number of nitrogens with one attached hydrogen (secondary N) is 2. The molecule has 25 heavy (non-hydrogen) atoms. The molecule has 0 atom stereocenters. The fourth-order valence-corrected chi connectivity index (χ4v) is 2.33. The average Bonchev–Trinajstić information content (AvgIpc) is 3.04. The number of ether oxygens (including phenoxy) is 1. The minimum absolute atomic E-state index is 0.0630. The first kappa shape index (κ1) is 18.9. The Morgan fingerprint density at radius 2 is 2.12 bits per heavy atom. The van der Waals surface area contributed by atoms with E-state index < -0.39 is 6.61 Å². The molecule has 0 unspecified atom stereocenters. The molecule has 2 aromatic rings. The highest BCUT2D eigenvalue weighted by Crippen LogP contribution is 2.24. The van der Waals surface area contributed by atoms with Crippen LogP contribution in [0.5, 0.6) is 5.75 Å². The molecule has 0 radical (unpaired) electrons. The molecule has 0 aliphatic rings. The average molecular weight is 373 g/mol. The molecule has 7 nitrogen and oxygen atoms in total. The monoisotopic (exact) mass is 372 g/mol. The third kappa shape index (κ3) is 5.56. The van der Waals surface area contributed by atoms with E-state index in [1.54, 1.807) is 19.4 Å². The van der Waals surface area contributed by atoms with Crippen LogP contribution in [0.25, 0.3) is 0 Å². The molecule has 1 aromatic heterocycles. The third-order valence-electron chi connectivity index (χ3n) is 3.36. The quantitative estimate of drug-likeness (QED) is 0.576. The van der Waals surface area contributed by atoms with E-state index in [1.165, 1.54) is 12.1 Å². The zero-order valence-corrected chi connectivity index (χ0v) is 14.6. The lowest BCUT2D eigenvalue weighted by Crippen LogP contribution is -2.37. The zero-order chi connectivity index (χ0) is 18.2. The topological polar surface area (TPSA) is 76.4 Å². The molecule has 136 valence electrons. The van der Waals surface area contributed by atoms with Gasteiger partial charge in [0.25, 0.3) is 0 Å². The molecule has 0 aliphatic carbocycles. The lowest BCUT2D eigenvalue weighted by atomic mass is 10.2. The third-order valence-corrected chi connectivity index (χ3v) is 3.59. The van der Waals surface area contributed by atoms with Crippen molar-refractivity contribution in [3.63, 3.8) is 0 Å². The van der Waals surface area contributed by atoms with Gasteiger partial charge in [0.1, 0.15) is 12.1 Å². The van der Waals surface area contributed by atoms with Crippen molar-refractivity contribution >= 4 is 17.6 Å². The SMILES string of the molecule is CCn1cnnc1CNC(=NC)NCc1cc(Cl)ccc1OC(F)F. The fourth-order valence-electron chi connectivity index (χ4n) is 2.14. The molecule has 0 spiro atoms. The maximum atomic E-state index is 12.5. The first-order valence-corrected chi connectivity index (χ1v) is 7.95. The van der Waals surface area contributed by atoms with Gasteiger partial charge in [0.2, 0.25) is 0 Å². The largest absolute Gasteiger partial charge is 0.434 e. The van der Waals surface area contributed by atoms with Crippen LogP contribution in [0.4, 0.5) is 8.78 Å². The minimum Gasteiger partial charge on any atom is -0.434 e. The molecule has 0 aliphatic heterocycles. The summed E-state index contributed by atoms with van der Waals surface area (Å²) in [5, 5.41) is 14.4. The summed E-state index contributed by atoms with van der Waals surface area (Å²) in [6, 6.07) is 4.46. The maximum absolute atomic E-state index is 12.5. The van der Waals surface area contributed by atoms with Gasteiger partial charge in [-0.1, -0.05) is 11.6 Å². The number of halogens is 3. The number of benzene rings is 1. The van der Waals surface area contributed by atoms with E-state index in [-0.39, 0.29) is 12.3 Å². The number of guanidine groups is 1.